The quantitative estimate of drug-likeness (QED) is 0.313. The van der Waals surface area contributed by atoms with Crippen molar-refractivity contribution >= 4 is 17.8 Å². The first-order chi connectivity index (χ1) is 15.5. The van der Waals surface area contributed by atoms with Crippen LogP contribution in [0.15, 0.2) is 71.8 Å². The number of carbonyl (C=O) groups excluding carboxylic acids is 1. The Bertz CT molecular complexity index is 1110. The maximum atomic E-state index is 12.0. The van der Waals surface area contributed by atoms with Crippen LogP contribution in [0.25, 0.3) is 11.1 Å². The van der Waals surface area contributed by atoms with Crippen LogP contribution in [0.4, 0.5) is 5.69 Å². The minimum atomic E-state index is -0.815. The molecule has 3 rings (SSSR count). The van der Waals surface area contributed by atoms with E-state index < -0.39 is 22.3 Å². The third-order valence-corrected chi connectivity index (χ3v) is 4.29. The van der Waals surface area contributed by atoms with Crippen LogP contribution in [-0.2, 0) is 4.79 Å². The molecule has 0 unspecified atom stereocenters. The van der Waals surface area contributed by atoms with E-state index in [1.54, 1.807) is 19.1 Å². The molecule has 0 aliphatic carbocycles. The number of benzene rings is 3. The average Bonchev–Trinajstić information content (AvgIpc) is 2.80. The molecule has 9 heteroatoms. The fourth-order valence-corrected chi connectivity index (χ4v) is 2.82. The second kappa shape index (κ2) is 10.6. The summed E-state index contributed by atoms with van der Waals surface area (Å²) < 4.78 is 10.6. The lowest BCUT2D eigenvalue weighted by Crippen LogP contribution is -2.24. The highest BCUT2D eigenvalue weighted by molar-refractivity contribution is 5.85. The molecule has 0 fully saturated rings. The predicted molar refractivity (Wildman–Crippen MR) is 117 cm³/mol. The van der Waals surface area contributed by atoms with E-state index in [2.05, 4.69) is 10.5 Å². The molecule has 0 radical (unpaired) electrons. The molecular weight excluding hydrogens is 414 g/mol. The molecular formula is C23H20N3O6-. The Morgan fingerprint density at radius 1 is 1.06 bits per heavy atom. The zero-order valence-electron chi connectivity index (χ0n) is 17.2. The molecule has 0 aliphatic rings. The SMILES string of the molecule is CCOc1cc(/C=N/NC(=O)COc2ccc(-c3ccccc3)cc2)cc([N+](=O)[O-])c1[O-]. The van der Waals surface area contributed by atoms with Gasteiger partial charge >= 0.3 is 0 Å². The second-order valence-corrected chi connectivity index (χ2v) is 6.53. The summed E-state index contributed by atoms with van der Waals surface area (Å²) in [5.41, 5.74) is 3.97. The second-order valence-electron chi connectivity index (χ2n) is 6.53. The van der Waals surface area contributed by atoms with Crippen LogP contribution in [0.1, 0.15) is 12.5 Å². The first-order valence-corrected chi connectivity index (χ1v) is 9.70. The van der Waals surface area contributed by atoms with Gasteiger partial charge in [0.05, 0.1) is 17.7 Å². The van der Waals surface area contributed by atoms with Gasteiger partial charge in [-0.05, 0) is 36.2 Å². The molecule has 0 aromatic heterocycles. The first kappa shape index (κ1) is 22.3. The molecule has 0 bridgehead atoms. The summed E-state index contributed by atoms with van der Waals surface area (Å²) >= 11 is 0. The zero-order chi connectivity index (χ0) is 22.9. The van der Waals surface area contributed by atoms with Gasteiger partial charge in [0, 0.05) is 17.4 Å². The summed E-state index contributed by atoms with van der Waals surface area (Å²) in [5.74, 6) is -0.971. The van der Waals surface area contributed by atoms with Crippen LogP contribution < -0.4 is 20.0 Å². The molecule has 32 heavy (non-hydrogen) atoms. The number of ether oxygens (including phenoxy) is 2. The molecule has 0 spiro atoms. The van der Waals surface area contributed by atoms with Gasteiger partial charge in [-0.1, -0.05) is 42.5 Å². The molecule has 3 aromatic carbocycles. The minimum absolute atomic E-state index is 0.156. The highest BCUT2D eigenvalue weighted by Gasteiger charge is 2.13. The lowest BCUT2D eigenvalue weighted by atomic mass is 10.1. The number of amides is 1. The standard InChI is InChI=1S/C23H21N3O6/c1-2-31-21-13-16(12-20(23(21)28)26(29)30)14-24-25-22(27)15-32-19-10-8-18(9-11-19)17-6-4-3-5-7-17/h3-14,28H,2,15H2,1H3,(H,25,27)/p-1/b24-14+. The van der Waals surface area contributed by atoms with Gasteiger partial charge in [-0.25, -0.2) is 5.43 Å². The van der Waals surface area contributed by atoms with Gasteiger partial charge < -0.3 is 14.6 Å². The Balaban J connectivity index is 1.56. The number of hydrogen-bond acceptors (Lipinski definition) is 7. The molecule has 9 nitrogen and oxygen atoms in total. The molecule has 0 saturated carbocycles. The van der Waals surface area contributed by atoms with Gasteiger partial charge in [0.1, 0.15) is 11.5 Å². The van der Waals surface area contributed by atoms with Crippen molar-refractivity contribution in [2.75, 3.05) is 13.2 Å². The maximum Gasteiger partial charge on any atom is 0.277 e. The van der Waals surface area contributed by atoms with E-state index in [1.807, 2.05) is 42.5 Å². The Morgan fingerprint density at radius 2 is 1.75 bits per heavy atom. The Labute approximate surface area is 184 Å². The fourth-order valence-electron chi connectivity index (χ4n) is 2.82. The number of hydrogen-bond donors (Lipinski definition) is 1. The minimum Gasteiger partial charge on any atom is -0.865 e. The number of nitrogens with zero attached hydrogens (tertiary/aromatic N) is 2. The van der Waals surface area contributed by atoms with E-state index in [0.29, 0.717) is 5.75 Å². The zero-order valence-corrected chi connectivity index (χ0v) is 17.2. The number of nitro benzene ring substituents is 1. The van der Waals surface area contributed by atoms with E-state index in [1.165, 1.54) is 12.3 Å². The van der Waals surface area contributed by atoms with Gasteiger partial charge in [-0.3, -0.25) is 14.9 Å². The molecule has 0 aliphatic heterocycles. The van der Waals surface area contributed by atoms with Gasteiger partial charge in [0.25, 0.3) is 11.6 Å². The Morgan fingerprint density at radius 3 is 2.41 bits per heavy atom. The van der Waals surface area contributed by atoms with Crippen molar-refractivity contribution in [3.8, 4) is 28.4 Å². The molecule has 0 saturated heterocycles. The summed E-state index contributed by atoms with van der Waals surface area (Å²) in [6.45, 7) is 1.56. The van der Waals surface area contributed by atoms with Crippen LogP contribution in [0.5, 0.6) is 17.2 Å². The number of nitro groups is 1. The van der Waals surface area contributed by atoms with Crippen LogP contribution >= 0.6 is 0 Å². The Kier molecular flexibility index (Phi) is 7.37. The van der Waals surface area contributed by atoms with Crippen molar-refractivity contribution in [3.63, 3.8) is 0 Å². The lowest BCUT2D eigenvalue weighted by molar-refractivity contribution is -0.398. The Hall–Kier alpha value is -4.40. The van der Waals surface area contributed by atoms with Gasteiger partial charge in [-0.2, -0.15) is 5.10 Å². The van der Waals surface area contributed by atoms with E-state index >= 15 is 0 Å². The van der Waals surface area contributed by atoms with E-state index in [0.717, 1.165) is 17.2 Å². The van der Waals surface area contributed by atoms with Crippen molar-refractivity contribution in [1.29, 1.82) is 0 Å². The first-order valence-electron chi connectivity index (χ1n) is 9.70. The molecule has 0 heterocycles. The molecule has 164 valence electrons. The van der Waals surface area contributed by atoms with Crippen LogP contribution in [0.3, 0.4) is 0 Å². The van der Waals surface area contributed by atoms with Gasteiger partial charge in [0.15, 0.2) is 6.61 Å². The molecule has 1 N–H and O–H groups in total. The van der Waals surface area contributed by atoms with Crippen molar-refractivity contribution in [3.05, 3.63) is 82.4 Å². The fraction of sp³-hybridized carbons (Fsp3) is 0.130. The number of nitrogens with one attached hydrogen (secondary N) is 1. The summed E-state index contributed by atoms with van der Waals surface area (Å²) in [6, 6.07) is 19.5. The lowest BCUT2D eigenvalue weighted by Gasteiger charge is -2.14. The smallest absolute Gasteiger partial charge is 0.277 e. The highest BCUT2D eigenvalue weighted by Crippen LogP contribution is 2.34. The third kappa shape index (κ3) is 5.82. The predicted octanol–water partition coefficient (Wildman–Crippen LogP) is 3.26. The van der Waals surface area contributed by atoms with Crippen LogP contribution in [0.2, 0.25) is 0 Å². The topological polar surface area (TPSA) is 126 Å². The van der Waals surface area contributed by atoms with Crippen molar-refractivity contribution < 1.29 is 24.3 Å². The number of carbonyl (C=O) groups is 1. The number of hydrazone groups is 1. The van der Waals surface area contributed by atoms with E-state index in [-0.39, 0.29) is 24.5 Å². The summed E-state index contributed by atoms with van der Waals surface area (Å²) in [4.78, 5) is 22.2. The summed E-state index contributed by atoms with van der Waals surface area (Å²) in [7, 11) is 0. The third-order valence-electron chi connectivity index (χ3n) is 4.29. The highest BCUT2D eigenvalue weighted by atomic mass is 16.6. The van der Waals surface area contributed by atoms with E-state index in [9.17, 15) is 20.0 Å². The van der Waals surface area contributed by atoms with Crippen molar-refractivity contribution in [2.45, 2.75) is 6.92 Å². The van der Waals surface area contributed by atoms with Crippen LogP contribution in [0, 0.1) is 10.1 Å². The average molecular weight is 434 g/mol. The monoisotopic (exact) mass is 434 g/mol. The van der Waals surface area contributed by atoms with Crippen molar-refractivity contribution in [2.24, 2.45) is 5.10 Å². The van der Waals surface area contributed by atoms with Gasteiger partial charge in [-0.15, -0.1) is 0 Å². The molecule has 0 atom stereocenters. The van der Waals surface area contributed by atoms with Crippen molar-refractivity contribution in [1.82, 2.24) is 5.43 Å². The number of rotatable bonds is 9. The molecule has 3 aromatic rings. The largest absolute Gasteiger partial charge is 0.865 e. The van der Waals surface area contributed by atoms with Gasteiger partial charge in [0.2, 0.25) is 0 Å². The molecule has 1 amide bonds. The summed E-state index contributed by atoms with van der Waals surface area (Å²) in [6.07, 6.45) is 1.18. The summed E-state index contributed by atoms with van der Waals surface area (Å²) in [5, 5.41) is 26.8. The van der Waals surface area contributed by atoms with E-state index in [4.69, 9.17) is 9.47 Å². The van der Waals surface area contributed by atoms with Crippen LogP contribution in [-0.4, -0.2) is 30.3 Å². The maximum absolute atomic E-state index is 12.0. The normalized spacial score (nSPS) is 10.7.